The van der Waals surface area contributed by atoms with Crippen molar-refractivity contribution in [2.45, 2.75) is 121 Å². The predicted octanol–water partition coefficient (Wildman–Crippen LogP) is 3.72. The van der Waals surface area contributed by atoms with E-state index in [0.29, 0.717) is 31.6 Å². The number of unbranched alkanes of at least 4 members (excludes halogenated alkanes) is 3. The Morgan fingerprint density at radius 3 is 1.27 bits per heavy atom. The van der Waals surface area contributed by atoms with Gasteiger partial charge in [-0.15, -0.1) is 0 Å². The van der Waals surface area contributed by atoms with Crippen LogP contribution in [0.15, 0.2) is 0 Å². The van der Waals surface area contributed by atoms with Crippen molar-refractivity contribution < 1.29 is 19.2 Å². The summed E-state index contributed by atoms with van der Waals surface area (Å²) in [5, 5.41) is 0. The summed E-state index contributed by atoms with van der Waals surface area (Å²) in [6.07, 6.45) is 15.7. The molecule has 4 amide bonds. The van der Waals surface area contributed by atoms with Crippen LogP contribution in [0.4, 0.5) is 0 Å². The monoisotopic (exact) mass is 516 g/mol. The maximum Gasteiger partial charge on any atom is 0.222 e. The maximum atomic E-state index is 12.6. The number of carbonyl (C=O) groups is 4. The second kappa shape index (κ2) is 14.1. The fourth-order valence-electron chi connectivity index (χ4n) is 6.83. The van der Waals surface area contributed by atoms with Gasteiger partial charge >= 0.3 is 0 Å². The van der Waals surface area contributed by atoms with Crippen molar-refractivity contribution in [1.29, 1.82) is 0 Å². The molecule has 0 aromatic heterocycles. The van der Waals surface area contributed by atoms with Gasteiger partial charge in [-0.2, -0.15) is 0 Å². The highest BCUT2D eigenvalue weighted by Gasteiger charge is 2.31. The molecule has 2 unspecified atom stereocenters. The predicted molar refractivity (Wildman–Crippen MR) is 143 cm³/mol. The second-order valence-electron chi connectivity index (χ2n) is 11.6. The van der Waals surface area contributed by atoms with Crippen molar-refractivity contribution in [3.05, 3.63) is 0 Å². The van der Waals surface area contributed by atoms with Gasteiger partial charge in [0.15, 0.2) is 0 Å². The molecule has 4 saturated heterocycles. The summed E-state index contributed by atoms with van der Waals surface area (Å²) in [7, 11) is 0. The average molecular weight is 517 g/mol. The SMILES string of the molecule is O=C1CCCN1CCCCCC(CCC(CCCCN1CCCC1=O)N1CCCC1=O)N1CCCC1=O. The molecule has 4 heterocycles. The van der Waals surface area contributed by atoms with E-state index in [0.717, 1.165) is 123 Å². The zero-order valence-corrected chi connectivity index (χ0v) is 22.8. The lowest BCUT2D eigenvalue weighted by Crippen LogP contribution is -2.40. The van der Waals surface area contributed by atoms with Gasteiger partial charge in [-0.3, -0.25) is 19.2 Å². The molecule has 4 aliphatic heterocycles. The first-order chi connectivity index (χ1) is 18.0. The van der Waals surface area contributed by atoms with Gasteiger partial charge in [0.2, 0.25) is 23.6 Å². The van der Waals surface area contributed by atoms with Crippen molar-refractivity contribution in [2.75, 3.05) is 39.3 Å². The Labute approximate surface area is 223 Å². The van der Waals surface area contributed by atoms with Crippen LogP contribution in [0.2, 0.25) is 0 Å². The zero-order valence-electron chi connectivity index (χ0n) is 22.8. The van der Waals surface area contributed by atoms with Gasteiger partial charge < -0.3 is 19.6 Å². The number of amides is 4. The number of likely N-dealkylation sites (tertiary alicyclic amines) is 4. The summed E-state index contributed by atoms with van der Waals surface area (Å²) in [5.41, 5.74) is 0. The molecule has 0 saturated carbocycles. The molecule has 0 N–H and O–H groups in total. The highest BCUT2D eigenvalue weighted by Crippen LogP contribution is 2.27. The fraction of sp³-hybridized carbons (Fsp3) is 0.862. The van der Waals surface area contributed by atoms with Crippen molar-refractivity contribution >= 4 is 23.6 Å². The van der Waals surface area contributed by atoms with Crippen LogP contribution in [0.1, 0.15) is 109 Å². The number of hydrogen-bond acceptors (Lipinski definition) is 4. The molecule has 0 aliphatic carbocycles. The van der Waals surface area contributed by atoms with Crippen LogP contribution in [-0.2, 0) is 19.2 Å². The van der Waals surface area contributed by atoms with Crippen molar-refractivity contribution in [1.82, 2.24) is 19.6 Å². The lowest BCUT2D eigenvalue weighted by atomic mass is 9.96. The van der Waals surface area contributed by atoms with E-state index in [1.807, 2.05) is 9.80 Å². The van der Waals surface area contributed by atoms with E-state index >= 15 is 0 Å². The van der Waals surface area contributed by atoms with Gasteiger partial charge in [-0.05, 0) is 70.6 Å². The molecule has 0 radical (unpaired) electrons. The van der Waals surface area contributed by atoms with E-state index in [-0.39, 0.29) is 29.8 Å². The molecular weight excluding hydrogens is 468 g/mol. The third-order valence-corrected chi connectivity index (χ3v) is 8.96. The van der Waals surface area contributed by atoms with E-state index in [2.05, 4.69) is 9.80 Å². The Balaban J connectivity index is 1.25. The first-order valence-corrected chi connectivity index (χ1v) is 15.2. The Kier molecular flexibility index (Phi) is 10.7. The topological polar surface area (TPSA) is 81.2 Å². The molecule has 0 aromatic carbocycles. The van der Waals surface area contributed by atoms with Gasteiger partial charge in [0.25, 0.3) is 0 Å². The van der Waals surface area contributed by atoms with Crippen LogP contribution in [0, 0.1) is 0 Å². The summed E-state index contributed by atoms with van der Waals surface area (Å²) >= 11 is 0. The quantitative estimate of drug-likeness (QED) is 0.293. The minimum Gasteiger partial charge on any atom is -0.343 e. The summed E-state index contributed by atoms with van der Waals surface area (Å²) in [5.74, 6) is 1.16. The van der Waals surface area contributed by atoms with E-state index in [1.165, 1.54) is 0 Å². The Hall–Kier alpha value is -2.12. The largest absolute Gasteiger partial charge is 0.343 e. The van der Waals surface area contributed by atoms with Gasteiger partial charge in [0.1, 0.15) is 0 Å². The van der Waals surface area contributed by atoms with Crippen LogP contribution in [0.5, 0.6) is 0 Å². The van der Waals surface area contributed by atoms with Crippen molar-refractivity contribution in [2.24, 2.45) is 0 Å². The van der Waals surface area contributed by atoms with Crippen molar-refractivity contribution in [3.8, 4) is 0 Å². The molecule has 4 rings (SSSR count). The van der Waals surface area contributed by atoms with E-state index in [1.54, 1.807) is 0 Å². The summed E-state index contributed by atoms with van der Waals surface area (Å²) in [4.78, 5) is 57.2. The molecule has 0 bridgehead atoms. The van der Waals surface area contributed by atoms with Gasteiger partial charge in [-0.1, -0.05) is 12.8 Å². The molecule has 8 heteroatoms. The lowest BCUT2D eigenvalue weighted by molar-refractivity contribution is -0.132. The average Bonchev–Trinajstić information content (AvgIpc) is 3.68. The third-order valence-electron chi connectivity index (χ3n) is 8.96. The highest BCUT2D eigenvalue weighted by atomic mass is 16.2. The van der Waals surface area contributed by atoms with Crippen LogP contribution in [0.3, 0.4) is 0 Å². The van der Waals surface area contributed by atoms with E-state index in [4.69, 9.17) is 0 Å². The molecule has 208 valence electrons. The molecule has 0 spiro atoms. The maximum absolute atomic E-state index is 12.6. The normalized spacial score (nSPS) is 22.3. The standard InChI is InChI=1S/C29H48N4O4/c34-26-12-6-20-30(26)18-4-1-2-10-24(32-22-8-14-28(32)36)16-17-25(33-23-9-15-29(33)37)11-3-5-19-31-21-7-13-27(31)35/h24-25H,1-23H2. The Bertz CT molecular complexity index is 803. The second-order valence-corrected chi connectivity index (χ2v) is 11.6. The highest BCUT2D eigenvalue weighted by molar-refractivity contribution is 5.79. The molecular formula is C29H48N4O4. The molecule has 0 aromatic rings. The summed E-state index contributed by atoms with van der Waals surface area (Å²) < 4.78 is 0. The van der Waals surface area contributed by atoms with Gasteiger partial charge in [-0.25, -0.2) is 0 Å². The molecule has 4 aliphatic rings. The van der Waals surface area contributed by atoms with Crippen molar-refractivity contribution in [3.63, 3.8) is 0 Å². The van der Waals surface area contributed by atoms with Crippen LogP contribution >= 0.6 is 0 Å². The smallest absolute Gasteiger partial charge is 0.222 e. The zero-order chi connectivity index (χ0) is 26.0. The molecule has 4 fully saturated rings. The molecule has 37 heavy (non-hydrogen) atoms. The fourth-order valence-corrected chi connectivity index (χ4v) is 6.83. The Morgan fingerprint density at radius 2 is 0.865 bits per heavy atom. The summed E-state index contributed by atoms with van der Waals surface area (Å²) in [6.45, 7) is 5.24. The Morgan fingerprint density at radius 1 is 0.459 bits per heavy atom. The van der Waals surface area contributed by atoms with Crippen LogP contribution in [0.25, 0.3) is 0 Å². The third kappa shape index (κ3) is 7.93. The lowest BCUT2D eigenvalue weighted by Gasteiger charge is -2.33. The minimum absolute atomic E-state index is 0.241. The first-order valence-electron chi connectivity index (χ1n) is 15.2. The van der Waals surface area contributed by atoms with E-state index < -0.39 is 0 Å². The molecule has 2 atom stereocenters. The minimum atomic E-state index is 0.241. The molecule has 8 nitrogen and oxygen atoms in total. The van der Waals surface area contributed by atoms with Crippen LogP contribution in [-0.4, -0.2) is 94.6 Å². The summed E-state index contributed by atoms with van der Waals surface area (Å²) in [6, 6.07) is 0.497. The van der Waals surface area contributed by atoms with Crippen LogP contribution < -0.4 is 0 Å². The number of nitrogens with zero attached hydrogens (tertiary/aromatic N) is 4. The first kappa shape index (κ1) is 27.9. The van der Waals surface area contributed by atoms with Gasteiger partial charge in [0, 0.05) is 77.0 Å². The number of rotatable bonds is 16. The number of carbonyl (C=O) groups excluding carboxylic acids is 4. The number of hydrogen-bond donors (Lipinski definition) is 0. The van der Waals surface area contributed by atoms with E-state index in [9.17, 15) is 19.2 Å². The van der Waals surface area contributed by atoms with Gasteiger partial charge in [0.05, 0.1) is 0 Å².